The van der Waals surface area contributed by atoms with Crippen molar-refractivity contribution in [3.8, 4) is 33.6 Å². The number of aromatic amines is 2. The highest BCUT2D eigenvalue weighted by Crippen LogP contribution is 2.35. The Morgan fingerprint density at radius 2 is 1.33 bits per heavy atom. The van der Waals surface area contributed by atoms with Gasteiger partial charge >= 0.3 is 12.2 Å². The van der Waals surface area contributed by atoms with E-state index >= 15 is 0 Å². The van der Waals surface area contributed by atoms with Crippen molar-refractivity contribution in [3.63, 3.8) is 0 Å². The standard InChI is InChI=1S/C41H52N8O6/c1-25(2)21-31(47-41(54)55-4)39(51)49-20-6-8-35(49)38-44-24-33(46-38)30-15-11-28(12-16-30)27-9-13-29(14-10-27)32-23-43-37(45-32)34-7-5-19-48(34)36(50)22-26(3)17-18-42-40(52)53/h9-16,23-26,31,34-35,42H,5-8,17-22H2,1-4H3,(H,43,45)(H,44,46)(H,47,54)(H,52,53)/t26?,31-,34-,35?/m0/s1. The molecule has 4 aromatic rings. The third kappa shape index (κ3) is 9.53. The highest BCUT2D eigenvalue weighted by Gasteiger charge is 2.37. The molecule has 0 bridgehead atoms. The lowest BCUT2D eigenvalue weighted by molar-refractivity contribution is -0.135. The van der Waals surface area contributed by atoms with E-state index in [4.69, 9.17) is 19.8 Å². The fourth-order valence-electron chi connectivity index (χ4n) is 7.68. The Hall–Kier alpha value is -5.66. The molecule has 4 heterocycles. The van der Waals surface area contributed by atoms with Crippen molar-refractivity contribution in [1.29, 1.82) is 0 Å². The summed E-state index contributed by atoms with van der Waals surface area (Å²) >= 11 is 0. The molecule has 2 unspecified atom stereocenters. The van der Waals surface area contributed by atoms with E-state index in [0.29, 0.717) is 38.9 Å². The third-order valence-electron chi connectivity index (χ3n) is 10.5. The fourth-order valence-corrected chi connectivity index (χ4v) is 7.68. The molecule has 14 heteroatoms. The number of hydrogen-bond donors (Lipinski definition) is 5. The van der Waals surface area contributed by atoms with Gasteiger partial charge in [-0.15, -0.1) is 0 Å². The van der Waals surface area contributed by atoms with E-state index in [9.17, 15) is 19.2 Å². The zero-order valence-corrected chi connectivity index (χ0v) is 32.0. The summed E-state index contributed by atoms with van der Waals surface area (Å²) in [6, 6.07) is 15.5. The molecule has 0 aliphatic carbocycles. The molecule has 55 heavy (non-hydrogen) atoms. The molecule has 2 fully saturated rings. The topological polar surface area (TPSA) is 186 Å². The molecule has 292 valence electrons. The molecule has 0 saturated carbocycles. The smallest absolute Gasteiger partial charge is 0.407 e. The first-order chi connectivity index (χ1) is 26.5. The van der Waals surface area contributed by atoms with Crippen LogP contribution in [0.15, 0.2) is 60.9 Å². The van der Waals surface area contributed by atoms with Crippen LogP contribution in [0.25, 0.3) is 33.6 Å². The van der Waals surface area contributed by atoms with E-state index in [1.165, 1.54) is 7.11 Å². The summed E-state index contributed by atoms with van der Waals surface area (Å²) in [7, 11) is 1.30. The monoisotopic (exact) mass is 752 g/mol. The van der Waals surface area contributed by atoms with Crippen LogP contribution in [0.3, 0.4) is 0 Å². The van der Waals surface area contributed by atoms with E-state index in [0.717, 1.165) is 71.0 Å². The normalized spacial score (nSPS) is 18.0. The van der Waals surface area contributed by atoms with Gasteiger partial charge in [0.05, 0.1) is 30.6 Å². The molecule has 0 radical (unpaired) electrons. The minimum absolute atomic E-state index is 0.0694. The van der Waals surface area contributed by atoms with Crippen LogP contribution in [-0.4, -0.2) is 91.6 Å². The SMILES string of the molecule is COC(=O)N[C@@H](CC(C)C)C(=O)N1CCCC1c1nc(-c2ccc(-c3ccc(-c4c[nH]c([C@@H]5CCCN5C(=O)CC(C)CCNC(=O)O)n4)cc3)cc2)c[nH]1. The average molecular weight is 753 g/mol. The summed E-state index contributed by atoms with van der Waals surface area (Å²) in [6.07, 6.45) is 6.99. The van der Waals surface area contributed by atoms with Gasteiger partial charge in [-0.2, -0.15) is 0 Å². The molecule has 4 amide bonds. The predicted molar refractivity (Wildman–Crippen MR) is 208 cm³/mol. The molecular weight excluding hydrogens is 701 g/mol. The number of likely N-dealkylation sites (tertiary alicyclic amines) is 2. The molecule has 4 atom stereocenters. The van der Waals surface area contributed by atoms with Gasteiger partial charge in [0.2, 0.25) is 11.8 Å². The number of nitrogens with one attached hydrogen (secondary N) is 4. The number of aromatic nitrogens is 4. The van der Waals surface area contributed by atoms with E-state index < -0.39 is 18.2 Å². The largest absolute Gasteiger partial charge is 0.465 e. The zero-order valence-electron chi connectivity index (χ0n) is 32.0. The minimum Gasteiger partial charge on any atom is -0.465 e. The van der Waals surface area contributed by atoms with Crippen molar-refractivity contribution in [2.24, 2.45) is 11.8 Å². The summed E-state index contributed by atoms with van der Waals surface area (Å²) in [6.45, 7) is 7.63. The summed E-state index contributed by atoms with van der Waals surface area (Å²) in [5.41, 5.74) is 5.66. The van der Waals surface area contributed by atoms with E-state index in [2.05, 4.69) is 57.0 Å². The van der Waals surface area contributed by atoms with Gasteiger partial charge in [-0.1, -0.05) is 69.3 Å². The van der Waals surface area contributed by atoms with Crippen LogP contribution in [0.2, 0.25) is 0 Å². The first-order valence-corrected chi connectivity index (χ1v) is 19.2. The number of carbonyl (C=O) groups is 4. The lowest BCUT2D eigenvalue weighted by Crippen LogP contribution is -2.49. The first kappa shape index (κ1) is 39.0. The molecular formula is C41H52N8O6. The summed E-state index contributed by atoms with van der Waals surface area (Å²) in [5.74, 6) is 1.74. The average Bonchev–Trinajstić information content (AvgIpc) is 4.01. The van der Waals surface area contributed by atoms with Crippen LogP contribution in [0.1, 0.15) is 89.4 Å². The Balaban J connectivity index is 1.07. The third-order valence-corrected chi connectivity index (χ3v) is 10.5. The maximum Gasteiger partial charge on any atom is 0.407 e. The van der Waals surface area contributed by atoms with E-state index in [1.807, 2.05) is 55.1 Å². The van der Waals surface area contributed by atoms with Crippen molar-refractivity contribution in [2.45, 2.75) is 83.8 Å². The number of hydrogen-bond acceptors (Lipinski definition) is 7. The van der Waals surface area contributed by atoms with Gasteiger partial charge in [0, 0.05) is 49.6 Å². The predicted octanol–water partition coefficient (Wildman–Crippen LogP) is 6.92. The minimum atomic E-state index is -1.05. The molecule has 0 spiro atoms. The number of imidazole rings is 2. The second kappa shape index (κ2) is 17.7. The molecule has 5 N–H and O–H groups in total. The van der Waals surface area contributed by atoms with Crippen LogP contribution in [-0.2, 0) is 14.3 Å². The summed E-state index contributed by atoms with van der Waals surface area (Å²) in [5, 5.41) is 13.9. The van der Waals surface area contributed by atoms with Gasteiger partial charge < -0.3 is 40.2 Å². The van der Waals surface area contributed by atoms with Crippen LogP contribution < -0.4 is 10.6 Å². The van der Waals surface area contributed by atoms with Crippen molar-refractivity contribution in [3.05, 3.63) is 72.6 Å². The van der Waals surface area contributed by atoms with Gasteiger partial charge in [-0.3, -0.25) is 9.59 Å². The van der Waals surface area contributed by atoms with Crippen LogP contribution in [0.4, 0.5) is 9.59 Å². The first-order valence-electron chi connectivity index (χ1n) is 19.2. The maximum atomic E-state index is 13.6. The lowest BCUT2D eigenvalue weighted by atomic mass is 10.0. The Kier molecular flexibility index (Phi) is 12.5. The van der Waals surface area contributed by atoms with Gasteiger partial charge in [0.25, 0.3) is 0 Å². The van der Waals surface area contributed by atoms with Crippen molar-refractivity contribution >= 4 is 24.0 Å². The Bertz CT molecular complexity index is 1940. The van der Waals surface area contributed by atoms with Crippen LogP contribution >= 0.6 is 0 Å². The second-order valence-corrected chi connectivity index (χ2v) is 15.1. The molecule has 2 aromatic heterocycles. The second-order valence-electron chi connectivity index (χ2n) is 15.1. The van der Waals surface area contributed by atoms with Crippen molar-refractivity contribution in [1.82, 2.24) is 40.4 Å². The summed E-state index contributed by atoms with van der Waals surface area (Å²) in [4.78, 5) is 69.7. The number of alkyl carbamates (subject to hydrolysis) is 1. The van der Waals surface area contributed by atoms with Gasteiger partial charge in [0.1, 0.15) is 17.7 Å². The number of carboxylic acid groups (broad SMARTS) is 1. The molecule has 14 nitrogen and oxygen atoms in total. The molecule has 2 aliphatic rings. The fraction of sp³-hybridized carbons (Fsp3) is 0.463. The van der Waals surface area contributed by atoms with E-state index in [-0.39, 0.29) is 35.7 Å². The van der Waals surface area contributed by atoms with Gasteiger partial charge in [-0.05, 0) is 61.5 Å². The molecule has 2 aliphatic heterocycles. The quantitative estimate of drug-likeness (QED) is 0.0919. The molecule has 6 rings (SSSR count). The zero-order chi connectivity index (χ0) is 39.1. The Morgan fingerprint density at radius 3 is 1.84 bits per heavy atom. The number of methoxy groups -OCH3 is 1. The van der Waals surface area contributed by atoms with Crippen molar-refractivity contribution in [2.75, 3.05) is 26.7 Å². The number of benzene rings is 2. The number of carbonyl (C=O) groups excluding carboxylic acids is 3. The number of nitrogens with zero attached hydrogens (tertiary/aromatic N) is 4. The Labute approximate surface area is 321 Å². The van der Waals surface area contributed by atoms with Crippen LogP contribution in [0, 0.1) is 11.8 Å². The highest BCUT2D eigenvalue weighted by molar-refractivity contribution is 5.86. The Morgan fingerprint density at radius 1 is 0.818 bits per heavy atom. The number of rotatable bonds is 14. The van der Waals surface area contributed by atoms with Gasteiger partial charge in [-0.25, -0.2) is 19.6 Å². The van der Waals surface area contributed by atoms with Crippen LogP contribution in [0.5, 0.6) is 0 Å². The molecule has 2 aromatic carbocycles. The number of H-pyrrole nitrogens is 2. The van der Waals surface area contributed by atoms with Crippen molar-refractivity contribution < 1.29 is 29.0 Å². The number of ether oxygens (including phenoxy) is 1. The maximum absolute atomic E-state index is 13.6. The van der Waals surface area contributed by atoms with Gasteiger partial charge in [0.15, 0.2) is 0 Å². The summed E-state index contributed by atoms with van der Waals surface area (Å²) < 4.78 is 4.78. The van der Waals surface area contributed by atoms with E-state index in [1.54, 1.807) is 0 Å². The lowest BCUT2D eigenvalue weighted by Gasteiger charge is -2.29. The highest BCUT2D eigenvalue weighted by atomic mass is 16.5. The molecule has 2 saturated heterocycles. The number of amides is 4.